The molecule has 0 radical (unpaired) electrons. The quantitative estimate of drug-likeness (QED) is 0.631. The molecule has 0 saturated carbocycles. The van der Waals surface area contributed by atoms with Crippen molar-refractivity contribution >= 4 is 17.0 Å². The van der Waals surface area contributed by atoms with Gasteiger partial charge in [0, 0.05) is 17.6 Å². The maximum Gasteiger partial charge on any atom is 0.190 e. The number of hydrogen-bond donors (Lipinski definition) is 0. The van der Waals surface area contributed by atoms with Gasteiger partial charge in [-0.05, 0) is 43.5 Å². The Labute approximate surface area is 156 Å². The molecule has 0 aliphatic carbocycles. The first-order valence-electron chi connectivity index (χ1n) is 8.87. The third kappa shape index (κ3) is 3.50. The second kappa shape index (κ2) is 7.56. The van der Waals surface area contributed by atoms with Crippen LogP contribution in [0.1, 0.15) is 18.4 Å². The molecule has 1 aliphatic rings. The fourth-order valence-corrected chi connectivity index (χ4v) is 4.19. The molecular weight excluding hydrogens is 347 g/mol. The first-order valence-corrected chi connectivity index (χ1v) is 9.75. The molecule has 0 bridgehead atoms. The number of nitrogens with zero attached hydrogens (tertiary/aromatic N) is 2. The van der Waals surface area contributed by atoms with Gasteiger partial charge in [-0.1, -0.05) is 30.3 Å². The van der Waals surface area contributed by atoms with Crippen molar-refractivity contribution < 1.29 is 9.13 Å². The van der Waals surface area contributed by atoms with Crippen molar-refractivity contribution in [3.8, 4) is 11.3 Å². The molecule has 26 heavy (non-hydrogen) atoms. The largest absolute Gasteiger partial charge is 0.376 e. The number of halogens is 1. The summed E-state index contributed by atoms with van der Waals surface area (Å²) in [6.07, 6.45) is 2.27. The van der Waals surface area contributed by atoms with Gasteiger partial charge in [0.1, 0.15) is 5.82 Å². The van der Waals surface area contributed by atoms with E-state index >= 15 is 0 Å². The predicted molar refractivity (Wildman–Crippen MR) is 103 cm³/mol. The van der Waals surface area contributed by atoms with E-state index in [-0.39, 0.29) is 11.9 Å². The first-order chi connectivity index (χ1) is 12.7. The van der Waals surface area contributed by atoms with Crippen LogP contribution in [0.2, 0.25) is 0 Å². The summed E-state index contributed by atoms with van der Waals surface area (Å²) in [5.74, 6) is -0.214. The molecule has 1 atom stereocenters. The normalized spacial score (nSPS) is 17.8. The molecule has 1 unspecified atom stereocenters. The second-order valence-electron chi connectivity index (χ2n) is 6.53. The summed E-state index contributed by atoms with van der Waals surface area (Å²) in [5.41, 5.74) is 3.52. The van der Waals surface area contributed by atoms with E-state index in [9.17, 15) is 4.39 Å². The highest BCUT2D eigenvalue weighted by Gasteiger charge is 2.20. The van der Waals surface area contributed by atoms with Crippen LogP contribution < -0.4 is 4.80 Å². The second-order valence-corrected chi connectivity index (χ2v) is 7.36. The summed E-state index contributed by atoms with van der Waals surface area (Å²) in [5, 5.41) is 1.99. The van der Waals surface area contributed by atoms with Crippen molar-refractivity contribution in [2.24, 2.45) is 4.99 Å². The zero-order chi connectivity index (χ0) is 17.9. The fourth-order valence-electron chi connectivity index (χ4n) is 3.26. The molecule has 1 fully saturated rings. The molecule has 134 valence electrons. The van der Waals surface area contributed by atoms with Crippen molar-refractivity contribution in [2.75, 3.05) is 6.61 Å². The minimum Gasteiger partial charge on any atom is -0.376 e. The van der Waals surface area contributed by atoms with Gasteiger partial charge in [0.15, 0.2) is 4.80 Å². The maximum atomic E-state index is 14.4. The molecular formula is C21H21FN2OS. The highest BCUT2D eigenvalue weighted by Crippen LogP contribution is 2.26. The van der Waals surface area contributed by atoms with Crippen LogP contribution in [-0.4, -0.2) is 17.3 Å². The lowest BCUT2D eigenvalue weighted by atomic mass is 10.1. The topological polar surface area (TPSA) is 26.5 Å². The molecule has 1 saturated heterocycles. The van der Waals surface area contributed by atoms with Crippen LogP contribution in [-0.2, 0) is 11.3 Å². The van der Waals surface area contributed by atoms with Gasteiger partial charge in [0.05, 0.1) is 24.0 Å². The number of benzene rings is 2. The van der Waals surface area contributed by atoms with Crippen LogP contribution in [0.15, 0.2) is 58.9 Å². The monoisotopic (exact) mass is 368 g/mol. The predicted octanol–water partition coefficient (Wildman–Crippen LogP) is 5.08. The van der Waals surface area contributed by atoms with Gasteiger partial charge in [-0.3, -0.25) is 0 Å². The molecule has 0 amide bonds. The molecule has 2 heterocycles. The molecule has 0 spiro atoms. The summed E-state index contributed by atoms with van der Waals surface area (Å²) in [4.78, 5) is 5.73. The number of aromatic nitrogens is 1. The van der Waals surface area contributed by atoms with Gasteiger partial charge in [-0.25, -0.2) is 9.38 Å². The standard InChI is InChI=1S/C21H21FN2OS/c1-15-7-2-5-11-19(15)23-21-24(13-16-8-6-12-25-16)20(14-26-21)17-9-3-4-10-18(17)22/h2-5,7,9-11,14,16H,6,8,12-13H2,1H3. The van der Waals surface area contributed by atoms with Crippen LogP contribution in [0.5, 0.6) is 0 Å². The van der Waals surface area contributed by atoms with E-state index in [1.165, 1.54) is 6.07 Å². The maximum absolute atomic E-state index is 14.4. The minimum atomic E-state index is -0.214. The van der Waals surface area contributed by atoms with Gasteiger partial charge in [0.2, 0.25) is 0 Å². The Kier molecular flexibility index (Phi) is 5.00. The number of hydrogen-bond acceptors (Lipinski definition) is 3. The Bertz CT molecular complexity index is 970. The summed E-state index contributed by atoms with van der Waals surface area (Å²) >= 11 is 1.54. The Morgan fingerprint density at radius 3 is 2.77 bits per heavy atom. The van der Waals surface area contributed by atoms with Crippen molar-refractivity contribution in [1.29, 1.82) is 0 Å². The average molecular weight is 368 g/mol. The van der Waals surface area contributed by atoms with Crippen LogP contribution in [0.25, 0.3) is 11.3 Å². The van der Waals surface area contributed by atoms with E-state index in [1.807, 2.05) is 35.7 Å². The van der Waals surface area contributed by atoms with E-state index in [0.717, 1.165) is 41.2 Å². The van der Waals surface area contributed by atoms with Crippen LogP contribution in [0.4, 0.5) is 10.1 Å². The van der Waals surface area contributed by atoms with Crippen LogP contribution in [0.3, 0.4) is 0 Å². The average Bonchev–Trinajstić information content (AvgIpc) is 3.29. The SMILES string of the molecule is Cc1ccccc1N=c1scc(-c2ccccc2F)n1CC1CCCO1. The van der Waals surface area contributed by atoms with E-state index in [1.54, 1.807) is 17.4 Å². The number of thiazole rings is 1. The van der Waals surface area contributed by atoms with Gasteiger partial charge in [-0.15, -0.1) is 11.3 Å². The van der Waals surface area contributed by atoms with Crippen molar-refractivity contribution in [3.63, 3.8) is 0 Å². The Morgan fingerprint density at radius 2 is 2.00 bits per heavy atom. The Hall–Kier alpha value is -2.24. The van der Waals surface area contributed by atoms with Crippen molar-refractivity contribution in [2.45, 2.75) is 32.4 Å². The zero-order valence-corrected chi connectivity index (χ0v) is 15.5. The van der Waals surface area contributed by atoms with Crippen LogP contribution in [0, 0.1) is 12.7 Å². The molecule has 3 nitrogen and oxygen atoms in total. The van der Waals surface area contributed by atoms with E-state index in [2.05, 4.69) is 17.6 Å². The minimum absolute atomic E-state index is 0.158. The lowest BCUT2D eigenvalue weighted by Crippen LogP contribution is -2.24. The van der Waals surface area contributed by atoms with E-state index in [4.69, 9.17) is 9.73 Å². The number of rotatable bonds is 4. The summed E-state index contributed by atoms with van der Waals surface area (Å²) in [7, 11) is 0. The highest BCUT2D eigenvalue weighted by atomic mass is 32.1. The van der Waals surface area contributed by atoms with E-state index in [0.29, 0.717) is 12.1 Å². The molecule has 1 aromatic heterocycles. The van der Waals surface area contributed by atoms with Gasteiger partial charge < -0.3 is 9.30 Å². The summed E-state index contributed by atoms with van der Waals surface area (Å²) in [6.45, 7) is 3.54. The molecule has 5 heteroatoms. The first kappa shape index (κ1) is 17.2. The van der Waals surface area contributed by atoms with Crippen LogP contribution >= 0.6 is 11.3 Å². The summed E-state index contributed by atoms with van der Waals surface area (Å²) < 4.78 is 22.3. The van der Waals surface area contributed by atoms with Crippen molar-refractivity contribution in [1.82, 2.24) is 4.57 Å². The lowest BCUT2D eigenvalue weighted by molar-refractivity contribution is 0.0967. The third-order valence-electron chi connectivity index (χ3n) is 4.69. The Morgan fingerprint density at radius 1 is 1.19 bits per heavy atom. The lowest BCUT2D eigenvalue weighted by Gasteiger charge is -2.14. The third-order valence-corrected chi connectivity index (χ3v) is 5.55. The fraction of sp³-hybridized carbons (Fsp3) is 0.286. The smallest absolute Gasteiger partial charge is 0.190 e. The number of ether oxygens (including phenoxy) is 1. The van der Waals surface area contributed by atoms with Gasteiger partial charge in [0.25, 0.3) is 0 Å². The van der Waals surface area contributed by atoms with Gasteiger partial charge in [-0.2, -0.15) is 0 Å². The number of para-hydroxylation sites is 1. The molecule has 2 aromatic carbocycles. The zero-order valence-electron chi connectivity index (χ0n) is 14.7. The molecule has 3 aromatic rings. The highest BCUT2D eigenvalue weighted by molar-refractivity contribution is 7.07. The van der Waals surface area contributed by atoms with Crippen molar-refractivity contribution in [3.05, 3.63) is 70.1 Å². The Balaban J connectivity index is 1.84. The molecule has 4 rings (SSSR count). The van der Waals surface area contributed by atoms with E-state index < -0.39 is 0 Å². The van der Waals surface area contributed by atoms with Gasteiger partial charge >= 0.3 is 0 Å². The molecule has 1 aliphatic heterocycles. The molecule has 0 N–H and O–H groups in total. The number of aryl methyl sites for hydroxylation is 1. The summed E-state index contributed by atoms with van der Waals surface area (Å²) in [6, 6.07) is 15.0.